The van der Waals surface area contributed by atoms with Gasteiger partial charge in [-0.05, 0) is 31.9 Å². The number of sulfone groups is 1. The van der Waals surface area contributed by atoms with Crippen LogP contribution in [0.25, 0.3) is 0 Å². The molecule has 1 aliphatic carbocycles. The molecule has 1 amide bonds. The van der Waals surface area contributed by atoms with Gasteiger partial charge in [0.1, 0.15) is 23.0 Å². The smallest absolute Gasteiger partial charge is 0.258 e. The Labute approximate surface area is 175 Å². The van der Waals surface area contributed by atoms with Crippen LogP contribution in [0.3, 0.4) is 0 Å². The molecule has 3 rings (SSSR count). The van der Waals surface area contributed by atoms with Crippen molar-refractivity contribution in [2.75, 3.05) is 6.26 Å². The minimum absolute atomic E-state index is 0.0364. The molecule has 1 fully saturated rings. The highest BCUT2D eigenvalue weighted by Gasteiger charge is 2.24. The number of benzene rings is 1. The van der Waals surface area contributed by atoms with Crippen LogP contribution in [0.4, 0.5) is 4.39 Å². The van der Waals surface area contributed by atoms with Gasteiger partial charge in [0.05, 0.1) is 0 Å². The van der Waals surface area contributed by atoms with Gasteiger partial charge in [0.2, 0.25) is 5.88 Å². The van der Waals surface area contributed by atoms with Gasteiger partial charge in [-0.1, -0.05) is 25.0 Å². The number of halogens is 1. The second-order valence-corrected chi connectivity index (χ2v) is 9.34. The third-order valence-corrected chi connectivity index (χ3v) is 5.37. The van der Waals surface area contributed by atoms with Crippen LogP contribution >= 0.6 is 0 Å². The first-order valence-electron chi connectivity index (χ1n) is 9.71. The zero-order chi connectivity index (χ0) is 21.7. The Morgan fingerprint density at radius 3 is 2.73 bits per heavy atom. The number of hydrogen-bond donors (Lipinski definition) is 1. The molecule has 0 spiro atoms. The summed E-state index contributed by atoms with van der Waals surface area (Å²) in [6.07, 6.45) is 7.97. The maximum Gasteiger partial charge on any atom is 0.258 e. The SMILES string of the molecule is C[C@@H](/C=C/S(C)(=O)=O)NC(=O)c1cnc(C2CCCC2)nc1Oc1cccc(F)c1. The number of carbonyl (C=O) groups is 1. The standard InChI is InChI=1S/C21H24FN3O4S/c1-14(10-11-30(2,27)28)24-20(26)18-13-23-19(15-6-3-4-7-15)25-21(18)29-17-9-5-8-16(22)12-17/h5,8-15H,3-4,6-7H2,1-2H3,(H,24,26)/b11-10+/t14-/m0/s1. The molecule has 0 saturated heterocycles. The Kier molecular flexibility index (Phi) is 6.81. The highest BCUT2D eigenvalue weighted by atomic mass is 32.2. The lowest BCUT2D eigenvalue weighted by Gasteiger charge is -2.15. The maximum absolute atomic E-state index is 13.6. The predicted octanol–water partition coefficient (Wildman–Crippen LogP) is 3.74. The second kappa shape index (κ2) is 9.34. The molecule has 1 aliphatic rings. The topological polar surface area (TPSA) is 98.2 Å². The van der Waals surface area contributed by atoms with Crippen molar-refractivity contribution >= 4 is 15.7 Å². The van der Waals surface area contributed by atoms with E-state index >= 15 is 0 Å². The molecule has 2 aromatic rings. The lowest BCUT2D eigenvalue weighted by molar-refractivity contribution is 0.0943. The van der Waals surface area contributed by atoms with Gasteiger partial charge in [-0.3, -0.25) is 4.79 Å². The summed E-state index contributed by atoms with van der Waals surface area (Å²) in [5.41, 5.74) is 0.0839. The van der Waals surface area contributed by atoms with E-state index in [0.717, 1.165) is 37.3 Å². The predicted molar refractivity (Wildman–Crippen MR) is 111 cm³/mol. The molecule has 0 bridgehead atoms. The van der Waals surface area contributed by atoms with Crippen LogP contribution in [0.2, 0.25) is 0 Å². The average molecular weight is 434 g/mol. The normalized spacial score (nSPS) is 16.0. The van der Waals surface area contributed by atoms with E-state index in [4.69, 9.17) is 4.74 Å². The van der Waals surface area contributed by atoms with Crippen LogP contribution in [0.5, 0.6) is 11.6 Å². The van der Waals surface area contributed by atoms with Crippen LogP contribution in [0.15, 0.2) is 41.9 Å². The quantitative estimate of drug-likeness (QED) is 0.714. The zero-order valence-corrected chi connectivity index (χ0v) is 17.7. The molecule has 1 aromatic heterocycles. The molecule has 1 saturated carbocycles. The Hall–Kier alpha value is -2.81. The van der Waals surface area contributed by atoms with Crippen LogP contribution in [-0.2, 0) is 9.84 Å². The van der Waals surface area contributed by atoms with Crippen molar-refractivity contribution in [3.63, 3.8) is 0 Å². The monoisotopic (exact) mass is 433 g/mol. The zero-order valence-electron chi connectivity index (χ0n) is 16.8. The van der Waals surface area contributed by atoms with Gasteiger partial charge in [0.25, 0.3) is 5.91 Å². The van der Waals surface area contributed by atoms with Crippen molar-refractivity contribution in [2.24, 2.45) is 0 Å². The molecular formula is C21H24FN3O4S. The molecule has 1 atom stereocenters. The molecule has 0 unspecified atom stereocenters. The minimum atomic E-state index is -3.30. The van der Waals surface area contributed by atoms with Crippen molar-refractivity contribution < 1.29 is 22.3 Å². The van der Waals surface area contributed by atoms with E-state index < -0.39 is 27.6 Å². The molecule has 0 radical (unpaired) electrons. The fourth-order valence-corrected chi connectivity index (χ4v) is 3.75. The van der Waals surface area contributed by atoms with E-state index in [1.807, 2.05) is 0 Å². The molecule has 7 nitrogen and oxygen atoms in total. The molecule has 160 valence electrons. The third-order valence-electron chi connectivity index (χ3n) is 4.72. The van der Waals surface area contributed by atoms with Gasteiger partial charge in [-0.25, -0.2) is 17.8 Å². The Bertz CT molecular complexity index is 1050. The van der Waals surface area contributed by atoms with Crippen molar-refractivity contribution in [3.05, 3.63) is 59.2 Å². The van der Waals surface area contributed by atoms with Gasteiger partial charge in [0, 0.05) is 35.9 Å². The summed E-state index contributed by atoms with van der Waals surface area (Å²) in [7, 11) is -3.30. The molecule has 9 heteroatoms. The largest absolute Gasteiger partial charge is 0.438 e. The summed E-state index contributed by atoms with van der Waals surface area (Å²) in [6, 6.07) is 5.02. The summed E-state index contributed by atoms with van der Waals surface area (Å²) < 4.78 is 41.8. The van der Waals surface area contributed by atoms with Crippen LogP contribution in [-0.4, -0.2) is 36.6 Å². The Morgan fingerprint density at radius 1 is 1.33 bits per heavy atom. The van der Waals surface area contributed by atoms with Crippen molar-refractivity contribution in [3.8, 4) is 11.6 Å². The van der Waals surface area contributed by atoms with Gasteiger partial charge in [-0.2, -0.15) is 4.98 Å². The van der Waals surface area contributed by atoms with Crippen LogP contribution in [0, 0.1) is 5.82 Å². The van der Waals surface area contributed by atoms with Gasteiger partial charge < -0.3 is 10.1 Å². The summed E-state index contributed by atoms with van der Waals surface area (Å²) in [4.78, 5) is 21.6. The van der Waals surface area contributed by atoms with Crippen LogP contribution < -0.4 is 10.1 Å². The van der Waals surface area contributed by atoms with E-state index in [1.165, 1.54) is 30.5 Å². The number of aromatic nitrogens is 2. The third kappa shape index (κ3) is 6.09. The van der Waals surface area contributed by atoms with E-state index in [9.17, 15) is 17.6 Å². The average Bonchev–Trinajstić information content (AvgIpc) is 3.20. The van der Waals surface area contributed by atoms with E-state index in [-0.39, 0.29) is 23.1 Å². The number of hydrogen-bond acceptors (Lipinski definition) is 6. The molecule has 1 aromatic carbocycles. The van der Waals surface area contributed by atoms with E-state index in [0.29, 0.717) is 5.82 Å². The summed E-state index contributed by atoms with van der Waals surface area (Å²) in [5.74, 6) is 0.0571. The maximum atomic E-state index is 13.6. The van der Waals surface area contributed by atoms with Gasteiger partial charge in [0.15, 0.2) is 9.84 Å². The second-order valence-electron chi connectivity index (χ2n) is 7.41. The number of ether oxygens (including phenoxy) is 1. The molecule has 1 N–H and O–H groups in total. The molecule has 30 heavy (non-hydrogen) atoms. The number of nitrogens with one attached hydrogen (secondary N) is 1. The molecule has 0 aliphatic heterocycles. The fraction of sp³-hybridized carbons (Fsp3) is 0.381. The van der Waals surface area contributed by atoms with Gasteiger partial charge >= 0.3 is 0 Å². The van der Waals surface area contributed by atoms with Crippen molar-refractivity contribution in [2.45, 2.75) is 44.6 Å². The number of rotatable bonds is 7. The minimum Gasteiger partial charge on any atom is -0.438 e. The summed E-state index contributed by atoms with van der Waals surface area (Å²) >= 11 is 0. The van der Waals surface area contributed by atoms with E-state index in [1.54, 1.807) is 13.0 Å². The summed E-state index contributed by atoms with van der Waals surface area (Å²) in [5, 5.41) is 3.70. The highest BCUT2D eigenvalue weighted by Crippen LogP contribution is 2.34. The van der Waals surface area contributed by atoms with Gasteiger partial charge in [-0.15, -0.1) is 0 Å². The first kappa shape index (κ1) is 21.9. The van der Waals surface area contributed by atoms with Crippen molar-refractivity contribution in [1.29, 1.82) is 0 Å². The van der Waals surface area contributed by atoms with Crippen LogP contribution in [0.1, 0.15) is 54.7 Å². The first-order valence-corrected chi connectivity index (χ1v) is 11.7. The Morgan fingerprint density at radius 2 is 2.07 bits per heavy atom. The first-order chi connectivity index (χ1) is 14.2. The van der Waals surface area contributed by atoms with E-state index in [2.05, 4.69) is 15.3 Å². The highest BCUT2D eigenvalue weighted by molar-refractivity contribution is 7.93. The molecular weight excluding hydrogens is 409 g/mol. The Balaban J connectivity index is 1.87. The number of nitrogens with zero attached hydrogens (tertiary/aromatic N) is 2. The molecule has 1 heterocycles. The fourth-order valence-electron chi connectivity index (χ4n) is 3.23. The number of carbonyl (C=O) groups excluding carboxylic acids is 1. The number of amides is 1. The lowest BCUT2D eigenvalue weighted by Crippen LogP contribution is -2.31. The van der Waals surface area contributed by atoms with Crippen molar-refractivity contribution in [1.82, 2.24) is 15.3 Å². The summed E-state index contributed by atoms with van der Waals surface area (Å²) in [6.45, 7) is 1.64. The lowest BCUT2D eigenvalue weighted by atomic mass is 10.1.